The van der Waals surface area contributed by atoms with Gasteiger partial charge in [-0.3, -0.25) is 0 Å². The molecule has 1 aromatic heterocycles. The second-order valence-corrected chi connectivity index (χ2v) is 5.82. The number of nitrogens with one attached hydrogen (secondary N) is 1. The maximum absolute atomic E-state index is 6.23. The molecule has 1 heterocycles. The molecule has 2 aromatic rings. The molecule has 0 spiro atoms. The average molecular weight is 328 g/mol. The molecule has 1 N–H and O–H groups in total. The van der Waals surface area contributed by atoms with E-state index in [1.807, 2.05) is 25.2 Å². The molecule has 1 saturated carbocycles. The Morgan fingerprint density at radius 2 is 2.14 bits per heavy atom. The summed E-state index contributed by atoms with van der Waals surface area (Å²) in [4.78, 5) is 4.50. The summed E-state index contributed by atoms with van der Waals surface area (Å²) < 4.78 is 5.39. The van der Waals surface area contributed by atoms with E-state index in [0.717, 1.165) is 29.6 Å². The molecule has 0 aliphatic heterocycles. The summed E-state index contributed by atoms with van der Waals surface area (Å²) in [5.41, 5.74) is 1.18. The number of hydrogen-bond donors (Lipinski definition) is 1. The van der Waals surface area contributed by atoms with E-state index >= 15 is 0 Å². The molecule has 114 valence electrons. The fourth-order valence-corrected chi connectivity index (χ4v) is 2.74. The molecule has 1 aromatic carbocycles. The quantitative estimate of drug-likeness (QED) is 0.912. The Balaban J connectivity index is 0.00000161. The van der Waals surface area contributed by atoms with Gasteiger partial charge < -0.3 is 9.84 Å². The van der Waals surface area contributed by atoms with Crippen molar-refractivity contribution < 1.29 is 4.52 Å². The lowest BCUT2D eigenvalue weighted by molar-refractivity contribution is 0.371. The Hall–Kier alpha value is -1.10. The third-order valence-electron chi connectivity index (χ3n) is 3.88. The average Bonchev–Trinajstić information content (AvgIpc) is 3.11. The highest BCUT2D eigenvalue weighted by Crippen LogP contribution is 2.55. The second kappa shape index (κ2) is 6.77. The maximum Gasteiger partial charge on any atom is 0.230 e. The van der Waals surface area contributed by atoms with Crippen molar-refractivity contribution >= 4 is 24.0 Å². The van der Waals surface area contributed by atoms with Crippen molar-refractivity contribution in [1.82, 2.24) is 15.5 Å². The van der Waals surface area contributed by atoms with Gasteiger partial charge in [0.2, 0.25) is 5.89 Å². The number of benzene rings is 1. The maximum atomic E-state index is 6.23. The molecular weight excluding hydrogens is 309 g/mol. The Labute approximate surface area is 135 Å². The van der Waals surface area contributed by atoms with Crippen LogP contribution in [0.25, 0.3) is 0 Å². The molecule has 0 amide bonds. The summed E-state index contributed by atoms with van der Waals surface area (Å²) in [5, 5.41) is 8.05. The number of nitrogens with zero attached hydrogens (tertiary/aromatic N) is 2. The van der Waals surface area contributed by atoms with Crippen LogP contribution in [0.3, 0.4) is 0 Å². The monoisotopic (exact) mass is 327 g/mol. The molecular formula is C15H19Cl2N3O. The fraction of sp³-hybridized carbons (Fsp3) is 0.467. The van der Waals surface area contributed by atoms with E-state index in [9.17, 15) is 0 Å². The number of rotatable bonds is 5. The number of likely N-dealkylation sites (N-methyl/N-ethyl adjacent to an activating group) is 1. The summed E-state index contributed by atoms with van der Waals surface area (Å²) in [6.07, 6.45) is 1.82. The molecule has 1 aliphatic carbocycles. The van der Waals surface area contributed by atoms with Crippen molar-refractivity contribution in [3.63, 3.8) is 0 Å². The third kappa shape index (κ3) is 3.57. The third-order valence-corrected chi connectivity index (χ3v) is 4.22. The van der Waals surface area contributed by atoms with Crippen molar-refractivity contribution in [2.45, 2.75) is 37.6 Å². The number of aromatic nitrogens is 2. The van der Waals surface area contributed by atoms with E-state index in [0.29, 0.717) is 17.9 Å². The summed E-state index contributed by atoms with van der Waals surface area (Å²) >= 11 is 6.23. The molecule has 6 heteroatoms. The van der Waals surface area contributed by atoms with Crippen LogP contribution < -0.4 is 5.32 Å². The van der Waals surface area contributed by atoms with Gasteiger partial charge in [0.05, 0.1) is 0 Å². The van der Waals surface area contributed by atoms with Gasteiger partial charge >= 0.3 is 0 Å². The Bertz CT molecular complexity index is 602. The first kappa shape index (κ1) is 16.3. The van der Waals surface area contributed by atoms with Gasteiger partial charge in [0.25, 0.3) is 0 Å². The first-order valence-corrected chi connectivity index (χ1v) is 7.31. The van der Waals surface area contributed by atoms with E-state index < -0.39 is 0 Å². The van der Waals surface area contributed by atoms with Gasteiger partial charge in [0, 0.05) is 23.4 Å². The van der Waals surface area contributed by atoms with Crippen molar-refractivity contribution in [3.05, 3.63) is 46.6 Å². The van der Waals surface area contributed by atoms with Crippen LogP contribution in [0.5, 0.6) is 0 Å². The highest BCUT2D eigenvalue weighted by molar-refractivity contribution is 6.31. The van der Waals surface area contributed by atoms with Crippen LogP contribution in [0, 0.1) is 0 Å². The SMILES string of the molecule is CNC(C)Cc1noc(C2CC2c2ccccc2Cl)n1.Cl. The predicted octanol–water partition coefficient (Wildman–Crippen LogP) is 3.57. The van der Waals surface area contributed by atoms with Crippen molar-refractivity contribution in [1.29, 1.82) is 0 Å². The zero-order valence-corrected chi connectivity index (χ0v) is 13.6. The summed E-state index contributed by atoms with van der Waals surface area (Å²) in [6, 6.07) is 8.32. The Morgan fingerprint density at radius 3 is 2.86 bits per heavy atom. The molecule has 3 unspecified atom stereocenters. The van der Waals surface area contributed by atoms with Gasteiger partial charge in [-0.2, -0.15) is 4.98 Å². The van der Waals surface area contributed by atoms with Crippen LogP contribution in [0.2, 0.25) is 5.02 Å². The lowest BCUT2D eigenvalue weighted by Crippen LogP contribution is -2.24. The van der Waals surface area contributed by atoms with Gasteiger partial charge in [-0.05, 0) is 37.9 Å². The number of halogens is 2. The normalized spacial score (nSPS) is 21.7. The summed E-state index contributed by atoms with van der Waals surface area (Å²) in [5.74, 6) is 2.25. The van der Waals surface area contributed by atoms with E-state index in [2.05, 4.69) is 28.4 Å². The Kier molecular flexibility index (Phi) is 5.25. The van der Waals surface area contributed by atoms with Crippen LogP contribution in [0.4, 0.5) is 0 Å². The minimum Gasteiger partial charge on any atom is -0.339 e. The first-order valence-electron chi connectivity index (χ1n) is 6.93. The van der Waals surface area contributed by atoms with Crippen LogP contribution >= 0.6 is 24.0 Å². The second-order valence-electron chi connectivity index (χ2n) is 5.41. The molecule has 21 heavy (non-hydrogen) atoms. The van der Waals surface area contributed by atoms with Gasteiger partial charge in [-0.15, -0.1) is 12.4 Å². The van der Waals surface area contributed by atoms with E-state index in [1.54, 1.807) is 0 Å². The topological polar surface area (TPSA) is 51.0 Å². The minimum absolute atomic E-state index is 0. The Morgan fingerprint density at radius 1 is 1.38 bits per heavy atom. The first-order chi connectivity index (χ1) is 9.69. The van der Waals surface area contributed by atoms with Crippen molar-refractivity contribution in [2.24, 2.45) is 0 Å². The van der Waals surface area contributed by atoms with Gasteiger partial charge in [-0.1, -0.05) is 35.0 Å². The van der Waals surface area contributed by atoms with E-state index in [-0.39, 0.29) is 12.4 Å². The van der Waals surface area contributed by atoms with E-state index in [4.69, 9.17) is 16.1 Å². The van der Waals surface area contributed by atoms with Crippen LogP contribution in [-0.2, 0) is 6.42 Å². The van der Waals surface area contributed by atoms with Crippen molar-refractivity contribution in [2.75, 3.05) is 7.05 Å². The fourth-order valence-electron chi connectivity index (χ4n) is 2.46. The summed E-state index contributed by atoms with van der Waals surface area (Å²) in [7, 11) is 1.93. The lowest BCUT2D eigenvalue weighted by Gasteiger charge is -2.04. The van der Waals surface area contributed by atoms with Gasteiger partial charge in [0.1, 0.15) is 0 Å². The van der Waals surface area contributed by atoms with Gasteiger partial charge in [0.15, 0.2) is 5.82 Å². The molecule has 0 bridgehead atoms. The largest absolute Gasteiger partial charge is 0.339 e. The molecule has 1 fully saturated rings. The molecule has 3 atom stereocenters. The van der Waals surface area contributed by atoms with Gasteiger partial charge in [-0.25, -0.2) is 0 Å². The van der Waals surface area contributed by atoms with Crippen molar-refractivity contribution in [3.8, 4) is 0 Å². The highest BCUT2D eigenvalue weighted by atomic mass is 35.5. The van der Waals surface area contributed by atoms with Crippen LogP contribution in [0.1, 0.15) is 42.5 Å². The number of hydrogen-bond acceptors (Lipinski definition) is 4. The standard InChI is InChI=1S/C15H18ClN3O.ClH/c1-9(17-2)7-14-18-15(20-19-14)12-8-11(12)10-5-3-4-6-13(10)16;/h3-6,9,11-12,17H,7-8H2,1-2H3;1H. The van der Waals surface area contributed by atoms with E-state index in [1.165, 1.54) is 5.56 Å². The lowest BCUT2D eigenvalue weighted by atomic mass is 10.1. The molecule has 0 radical (unpaired) electrons. The smallest absolute Gasteiger partial charge is 0.230 e. The molecule has 0 saturated heterocycles. The zero-order valence-electron chi connectivity index (χ0n) is 12.0. The summed E-state index contributed by atoms with van der Waals surface area (Å²) in [6.45, 7) is 2.10. The minimum atomic E-state index is 0. The van der Waals surface area contributed by atoms with Crippen LogP contribution in [0.15, 0.2) is 28.8 Å². The molecule has 4 nitrogen and oxygen atoms in total. The zero-order chi connectivity index (χ0) is 14.1. The molecule has 3 rings (SSSR count). The highest BCUT2D eigenvalue weighted by Gasteiger charge is 2.44. The molecule has 1 aliphatic rings. The van der Waals surface area contributed by atoms with Crippen LogP contribution in [-0.4, -0.2) is 23.2 Å². The predicted molar refractivity (Wildman–Crippen MR) is 85.3 cm³/mol.